The molecule has 1 saturated heterocycles. The van der Waals surface area contributed by atoms with Crippen LogP contribution in [-0.4, -0.2) is 36.3 Å². The first kappa shape index (κ1) is 21.6. The van der Waals surface area contributed by atoms with Crippen LogP contribution in [0.15, 0.2) is 85.1 Å². The third kappa shape index (κ3) is 5.06. The average molecular weight is 449 g/mol. The van der Waals surface area contributed by atoms with Gasteiger partial charge in [0.1, 0.15) is 23.4 Å². The second-order valence-corrected chi connectivity index (χ2v) is 8.04. The van der Waals surface area contributed by atoms with Crippen molar-refractivity contribution in [2.45, 2.75) is 6.42 Å². The summed E-state index contributed by atoms with van der Waals surface area (Å²) in [7, 11) is 0. The number of rotatable bonds is 6. The number of anilines is 1. The summed E-state index contributed by atoms with van der Waals surface area (Å²) in [5.74, 6) is 1.95. The number of ether oxygens (including phenoxy) is 2. The highest BCUT2D eigenvalue weighted by molar-refractivity contribution is 5.64. The van der Waals surface area contributed by atoms with Gasteiger partial charge in [-0.1, -0.05) is 30.3 Å². The monoisotopic (exact) mass is 448 g/mol. The molecule has 6 nitrogen and oxygen atoms in total. The van der Waals surface area contributed by atoms with Gasteiger partial charge < -0.3 is 14.4 Å². The molecule has 0 saturated carbocycles. The fraction of sp³-hybridized carbons (Fsp3) is 0.179. The summed E-state index contributed by atoms with van der Waals surface area (Å²) in [6, 6.07) is 27.6. The molecule has 6 heteroatoms. The number of para-hydroxylation sites is 1. The molecule has 0 N–H and O–H groups in total. The number of hydrogen-bond donors (Lipinski definition) is 0. The number of aromatic nitrogens is 2. The highest BCUT2D eigenvalue weighted by atomic mass is 16.5. The van der Waals surface area contributed by atoms with Crippen molar-refractivity contribution in [3.63, 3.8) is 0 Å². The van der Waals surface area contributed by atoms with E-state index in [0.717, 1.165) is 48.9 Å². The number of benzene rings is 3. The number of morpholine rings is 1. The number of hydrogen-bond acceptors (Lipinski definition) is 6. The largest absolute Gasteiger partial charge is 0.456 e. The zero-order chi connectivity index (χ0) is 23.2. The van der Waals surface area contributed by atoms with Gasteiger partial charge >= 0.3 is 0 Å². The van der Waals surface area contributed by atoms with E-state index in [1.807, 2.05) is 54.6 Å². The highest BCUT2D eigenvalue weighted by Crippen LogP contribution is 2.29. The van der Waals surface area contributed by atoms with Gasteiger partial charge in [0, 0.05) is 37.0 Å². The van der Waals surface area contributed by atoms with Gasteiger partial charge in [0.25, 0.3) is 0 Å². The van der Waals surface area contributed by atoms with Gasteiger partial charge in [-0.15, -0.1) is 0 Å². The first-order valence-corrected chi connectivity index (χ1v) is 11.3. The molecule has 168 valence electrons. The molecule has 0 atom stereocenters. The van der Waals surface area contributed by atoms with Crippen LogP contribution in [0.25, 0.3) is 11.3 Å². The third-order valence-electron chi connectivity index (χ3n) is 5.75. The van der Waals surface area contributed by atoms with Crippen molar-refractivity contribution in [1.82, 2.24) is 9.97 Å². The summed E-state index contributed by atoms with van der Waals surface area (Å²) >= 11 is 0. The maximum Gasteiger partial charge on any atom is 0.145 e. The van der Waals surface area contributed by atoms with E-state index in [-0.39, 0.29) is 0 Å². The van der Waals surface area contributed by atoms with Crippen molar-refractivity contribution >= 4 is 5.69 Å². The van der Waals surface area contributed by atoms with E-state index in [0.29, 0.717) is 23.5 Å². The van der Waals surface area contributed by atoms with Gasteiger partial charge in [-0.05, 0) is 54.1 Å². The van der Waals surface area contributed by atoms with Crippen molar-refractivity contribution in [1.29, 1.82) is 5.26 Å². The van der Waals surface area contributed by atoms with Crippen molar-refractivity contribution < 1.29 is 9.47 Å². The van der Waals surface area contributed by atoms with Crippen molar-refractivity contribution in [3.05, 3.63) is 102 Å². The molecule has 4 aromatic rings. The summed E-state index contributed by atoms with van der Waals surface area (Å²) < 4.78 is 11.3. The zero-order valence-corrected chi connectivity index (χ0v) is 18.7. The second kappa shape index (κ2) is 10.2. The Morgan fingerprint density at radius 1 is 0.941 bits per heavy atom. The lowest BCUT2D eigenvalue weighted by molar-refractivity contribution is 0.122. The minimum atomic E-state index is 0.459. The molecule has 3 aromatic carbocycles. The van der Waals surface area contributed by atoms with Gasteiger partial charge in [-0.3, -0.25) is 0 Å². The van der Waals surface area contributed by atoms with Crippen molar-refractivity contribution in [2.24, 2.45) is 0 Å². The smallest absolute Gasteiger partial charge is 0.145 e. The fourth-order valence-electron chi connectivity index (χ4n) is 3.95. The Balaban J connectivity index is 1.32. The average Bonchev–Trinajstić information content (AvgIpc) is 2.91. The first-order valence-electron chi connectivity index (χ1n) is 11.3. The Morgan fingerprint density at radius 2 is 1.74 bits per heavy atom. The summed E-state index contributed by atoms with van der Waals surface area (Å²) in [5, 5.41) is 9.66. The Bertz CT molecular complexity index is 1290. The minimum Gasteiger partial charge on any atom is -0.456 e. The molecular formula is C28H24N4O2. The maximum absolute atomic E-state index is 9.66. The standard InChI is InChI=1S/C28H24N4O2/c29-20-23-19-22(8-11-27(23)34-25-4-2-1-3-5-25)26-12-13-30-28(31-26)18-21-6-9-24(10-7-21)32-14-16-33-17-15-32/h1-13,19H,14-18H2. The molecule has 5 rings (SSSR count). The molecule has 1 aliphatic heterocycles. The fourth-order valence-corrected chi connectivity index (χ4v) is 3.95. The first-order chi connectivity index (χ1) is 16.8. The molecule has 34 heavy (non-hydrogen) atoms. The predicted octanol–water partition coefficient (Wildman–Crippen LogP) is 5.23. The minimum absolute atomic E-state index is 0.459. The van der Waals surface area contributed by atoms with Gasteiger partial charge in [0.05, 0.1) is 24.5 Å². The lowest BCUT2D eigenvalue weighted by Crippen LogP contribution is -2.36. The molecule has 1 aromatic heterocycles. The SMILES string of the molecule is N#Cc1cc(-c2ccnc(Cc3ccc(N4CCOCC4)cc3)n2)ccc1Oc1ccccc1. The van der Waals surface area contributed by atoms with Crippen LogP contribution in [0.1, 0.15) is 17.0 Å². The predicted molar refractivity (Wildman–Crippen MR) is 131 cm³/mol. The van der Waals surface area contributed by atoms with E-state index in [1.54, 1.807) is 6.20 Å². The second-order valence-electron chi connectivity index (χ2n) is 8.04. The molecule has 0 aliphatic carbocycles. The normalized spacial score (nSPS) is 13.3. The van der Waals surface area contributed by atoms with Gasteiger partial charge in [-0.2, -0.15) is 5.26 Å². The molecule has 0 amide bonds. The lowest BCUT2D eigenvalue weighted by Gasteiger charge is -2.28. The molecule has 0 radical (unpaired) electrons. The van der Waals surface area contributed by atoms with E-state index in [9.17, 15) is 5.26 Å². The van der Waals surface area contributed by atoms with Crippen molar-refractivity contribution in [3.8, 4) is 28.8 Å². The van der Waals surface area contributed by atoms with Crippen LogP contribution in [0.3, 0.4) is 0 Å². The van der Waals surface area contributed by atoms with E-state index < -0.39 is 0 Å². The Labute approximate surface area is 199 Å². The summed E-state index contributed by atoms with van der Waals surface area (Å²) in [5.41, 5.74) is 4.45. The van der Waals surface area contributed by atoms with Crippen LogP contribution < -0.4 is 9.64 Å². The van der Waals surface area contributed by atoms with E-state index in [4.69, 9.17) is 14.5 Å². The van der Waals surface area contributed by atoms with E-state index in [2.05, 4.69) is 40.2 Å². The maximum atomic E-state index is 9.66. The zero-order valence-electron chi connectivity index (χ0n) is 18.7. The van der Waals surface area contributed by atoms with Crippen LogP contribution in [0.4, 0.5) is 5.69 Å². The Morgan fingerprint density at radius 3 is 2.50 bits per heavy atom. The summed E-state index contributed by atoms with van der Waals surface area (Å²) in [6.07, 6.45) is 2.40. The number of nitriles is 1. The van der Waals surface area contributed by atoms with E-state index in [1.165, 1.54) is 5.69 Å². The lowest BCUT2D eigenvalue weighted by atomic mass is 10.1. The van der Waals surface area contributed by atoms with Crippen molar-refractivity contribution in [2.75, 3.05) is 31.2 Å². The van der Waals surface area contributed by atoms with Gasteiger partial charge in [-0.25, -0.2) is 9.97 Å². The molecular weight excluding hydrogens is 424 g/mol. The summed E-state index contributed by atoms with van der Waals surface area (Å²) in [4.78, 5) is 11.5. The highest BCUT2D eigenvalue weighted by Gasteiger charge is 2.12. The summed E-state index contributed by atoms with van der Waals surface area (Å²) in [6.45, 7) is 3.39. The van der Waals surface area contributed by atoms with Gasteiger partial charge in [0.2, 0.25) is 0 Å². The molecule has 1 aliphatic rings. The molecule has 0 bridgehead atoms. The van der Waals surface area contributed by atoms with Crippen LogP contribution in [0, 0.1) is 11.3 Å². The third-order valence-corrected chi connectivity index (χ3v) is 5.75. The topological polar surface area (TPSA) is 71.3 Å². The molecule has 0 spiro atoms. The number of nitrogens with zero attached hydrogens (tertiary/aromatic N) is 4. The van der Waals surface area contributed by atoms with Crippen LogP contribution in [0.5, 0.6) is 11.5 Å². The Hall–Kier alpha value is -4.21. The van der Waals surface area contributed by atoms with Gasteiger partial charge in [0.15, 0.2) is 0 Å². The van der Waals surface area contributed by atoms with Crippen LogP contribution >= 0.6 is 0 Å². The molecule has 0 unspecified atom stereocenters. The van der Waals surface area contributed by atoms with Crippen LogP contribution in [0.2, 0.25) is 0 Å². The van der Waals surface area contributed by atoms with E-state index >= 15 is 0 Å². The van der Waals surface area contributed by atoms with Crippen LogP contribution in [-0.2, 0) is 11.2 Å². The Kier molecular flexibility index (Phi) is 6.46. The quantitative estimate of drug-likeness (QED) is 0.402. The molecule has 2 heterocycles. The molecule has 1 fully saturated rings.